The zero-order valence-corrected chi connectivity index (χ0v) is 7.83. The molecule has 2 heteroatoms. The fraction of sp³-hybridized carbons (Fsp3) is 0. The lowest BCUT2D eigenvalue weighted by Gasteiger charge is -2.03. The van der Waals surface area contributed by atoms with Gasteiger partial charge in [-0.25, -0.2) is 4.39 Å². The summed E-state index contributed by atoms with van der Waals surface area (Å²) >= 11 is 0. The average molecular weight is 198 g/mol. The van der Waals surface area contributed by atoms with Crippen LogP contribution in [0.15, 0.2) is 36.4 Å². The third kappa shape index (κ3) is 1.49. The van der Waals surface area contributed by atoms with Crippen LogP contribution in [0.1, 0.15) is 10.4 Å². The molecule has 15 heavy (non-hydrogen) atoms. The van der Waals surface area contributed by atoms with Gasteiger partial charge >= 0.3 is 0 Å². The van der Waals surface area contributed by atoms with Gasteiger partial charge in [-0.2, -0.15) is 0 Å². The number of benzene rings is 2. The van der Waals surface area contributed by atoms with E-state index < -0.39 is 5.78 Å². The summed E-state index contributed by atoms with van der Waals surface area (Å²) in [5.41, 5.74) is 0.370. The maximum Gasteiger partial charge on any atom is 0.236 e. The molecule has 2 aromatic carbocycles. The van der Waals surface area contributed by atoms with Crippen LogP contribution in [0.2, 0.25) is 0 Å². The molecule has 0 aliphatic heterocycles. The molecule has 0 radical (unpaired) electrons. The Morgan fingerprint density at radius 2 is 1.80 bits per heavy atom. The van der Waals surface area contributed by atoms with Gasteiger partial charge in [0, 0.05) is 10.9 Å². The Morgan fingerprint density at radius 3 is 2.47 bits per heavy atom. The monoisotopic (exact) mass is 198 g/mol. The molecule has 0 aromatic heterocycles. The number of hydrogen-bond acceptors (Lipinski definition) is 1. The smallest absolute Gasteiger partial charge is 0.236 e. The highest BCUT2D eigenvalue weighted by Gasteiger charge is 2.09. The minimum absolute atomic E-state index is 0.348. The lowest BCUT2D eigenvalue weighted by atomic mass is 10.0. The third-order valence-electron chi connectivity index (χ3n) is 2.25. The SMILES string of the molecule is C#CC(=O)c1ccc(F)c2ccccc12. The summed E-state index contributed by atoms with van der Waals surface area (Å²) in [5, 5.41) is 0.971. The molecule has 0 unspecified atom stereocenters. The van der Waals surface area contributed by atoms with Crippen LogP contribution in [0.4, 0.5) is 4.39 Å². The van der Waals surface area contributed by atoms with E-state index in [4.69, 9.17) is 6.42 Å². The molecule has 0 N–H and O–H groups in total. The summed E-state index contributed by atoms with van der Waals surface area (Å²) in [6.45, 7) is 0. The highest BCUT2D eigenvalue weighted by Crippen LogP contribution is 2.21. The maximum atomic E-state index is 13.4. The number of ketones is 1. The Kier molecular flexibility index (Phi) is 2.23. The minimum Gasteiger partial charge on any atom is -0.279 e. The molecule has 0 heterocycles. The molecule has 2 aromatic rings. The number of terminal acetylenes is 1. The molecule has 72 valence electrons. The summed E-state index contributed by atoms with van der Waals surface area (Å²) in [6, 6.07) is 9.44. The molecule has 2 rings (SSSR count). The van der Waals surface area contributed by atoms with Crippen LogP contribution >= 0.6 is 0 Å². The molecule has 0 amide bonds. The van der Waals surface area contributed by atoms with E-state index in [0.29, 0.717) is 16.3 Å². The number of hydrogen-bond donors (Lipinski definition) is 0. The van der Waals surface area contributed by atoms with Crippen LogP contribution in [0.5, 0.6) is 0 Å². The van der Waals surface area contributed by atoms with Crippen LogP contribution in [-0.4, -0.2) is 5.78 Å². The van der Waals surface area contributed by atoms with E-state index in [1.807, 2.05) is 5.92 Å². The summed E-state index contributed by atoms with van der Waals surface area (Å²) in [7, 11) is 0. The Morgan fingerprint density at radius 1 is 1.13 bits per heavy atom. The Balaban J connectivity index is 2.84. The standard InChI is InChI=1S/C13H7FO/c1-2-13(15)11-7-8-12(14)10-6-4-3-5-9(10)11/h1,3-8H. The van der Waals surface area contributed by atoms with E-state index in [2.05, 4.69) is 0 Å². The molecule has 0 spiro atoms. The zero-order chi connectivity index (χ0) is 10.8. The van der Waals surface area contributed by atoms with Gasteiger partial charge in [0.05, 0.1) is 0 Å². The second-order valence-corrected chi connectivity index (χ2v) is 3.11. The van der Waals surface area contributed by atoms with Gasteiger partial charge in [-0.05, 0) is 23.4 Å². The second-order valence-electron chi connectivity index (χ2n) is 3.11. The Labute approximate surface area is 86.5 Å². The predicted octanol–water partition coefficient (Wildman–Crippen LogP) is 2.79. The number of halogens is 1. The van der Waals surface area contributed by atoms with Crippen molar-refractivity contribution in [3.63, 3.8) is 0 Å². The van der Waals surface area contributed by atoms with Crippen molar-refractivity contribution in [3.05, 3.63) is 47.8 Å². The first-order valence-corrected chi connectivity index (χ1v) is 4.42. The largest absolute Gasteiger partial charge is 0.279 e. The van der Waals surface area contributed by atoms with Gasteiger partial charge in [0.25, 0.3) is 0 Å². The number of Topliss-reactive ketones (excluding diaryl/α,β-unsaturated/α-hetero) is 1. The maximum absolute atomic E-state index is 13.4. The highest BCUT2D eigenvalue weighted by atomic mass is 19.1. The Bertz CT molecular complexity index is 579. The highest BCUT2D eigenvalue weighted by molar-refractivity contribution is 6.16. The van der Waals surface area contributed by atoms with Gasteiger partial charge in [-0.3, -0.25) is 4.79 Å². The van der Waals surface area contributed by atoms with Crippen molar-refractivity contribution in [2.45, 2.75) is 0 Å². The van der Waals surface area contributed by atoms with Gasteiger partial charge in [0.2, 0.25) is 5.78 Å². The normalized spacial score (nSPS) is 9.87. The van der Waals surface area contributed by atoms with Gasteiger partial charge in [0.15, 0.2) is 0 Å². The van der Waals surface area contributed by atoms with Crippen LogP contribution < -0.4 is 0 Å². The van der Waals surface area contributed by atoms with Crippen LogP contribution in [0.25, 0.3) is 10.8 Å². The Hall–Kier alpha value is -2.14. The second kappa shape index (κ2) is 3.55. The van der Waals surface area contributed by atoms with Gasteiger partial charge in [0.1, 0.15) is 5.82 Å². The van der Waals surface area contributed by atoms with Crippen LogP contribution in [0.3, 0.4) is 0 Å². The average Bonchev–Trinajstić information content (AvgIpc) is 2.29. The van der Waals surface area contributed by atoms with Crippen LogP contribution in [0, 0.1) is 18.2 Å². The molecule has 0 aliphatic rings. The molecule has 0 saturated heterocycles. The summed E-state index contributed by atoms with van der Waals surface area (Å²) in [6.07, 6.45) is 5.04. The number of carbonyl (C=O) groups is 1. The first-order valence-electron chi connectivity index (χ1n) is 4.42. The van der Waals surface area contributed by atoms with Gasteiger partial charge in [-0.1, -0.05) is 24.3 Å². The number of rotatable bonds is 1. The van der Waals surface area contributed by atoms with Crippen molar-refractivity contribution < 1.29 is 9.18 Å². The molecule has 0 saturated carbocycles. The molecule has 0 atom stereocenters. The molecule has 0 fully saturated rings. The van der Waals surface area contributed by atoms with Crippen molar-refractivity contribution in [3.8, 4) is 12.3 Å². The lowest BCUT2D eigenvalue weighted by molar-refractivity contribution is 0.105. The first-order chi connectivity index (χ1) is 7.24. The van der Waals surface area contributed by atoms with E-state index in [0.717, 1.165) is 0 Å². The molecular weight excluding hydrogens is 191 g/mol. The fourth-order valence-electron chi connectivity index (χ4n) is 1.54. The molecule has 0 aliphatic carbocycles. The van der Waals surface area contributed by atoms with Gasteiger partial charge in [-0.15, -0.1) is 6.42 Å². The minimum atomic E-state index is -0.425. The predicted molar refractivity (Wildman–Crippen MR) is 57.1 cm³/mol. The zero-order valence-electron chi connectivity index (χ0n) is 7.83. The first kappa shape index (κ1) is 9.42. The van der Waals surface area contributed by atoms with E-state index in [-0.39, 0.29) is 5.82 Å². The van der Waals surface area contributed by atoms with E-state index in [1.54, 1.807) is 24.3 Å². The molecular formula is C13H7FO. The molecule has 0 bridgehead atoms. The van der Waals surface area contributed by atoms with E-state index in [1.165, 1.54) is 12.1 Å². The van der Waals surface area contributed by atoms with Crippen molar-refractivity contribution in [1.82, 2.24) is 0 Å². The van der Waals surface area contributed by atoms with Crippen molar-refractivity contribution in [2.24, 2.45) is 0 Å². The fourth-order valence-corrected chi connectivity index (χ4v) is 1.54. The molecule has 1 nitrogen and oxygen atoms in total. The lowest BCUT2D eigenvalue weighted by Crippen LogP contribution is -1.96. The van der Waals surface area contributed by atoms with Gasteiger partial charge < -0.3 is 0 Å². The summed E-state index contributed by atoms with van der Waals surface area (Å²) < 4.78 is 13.4. The summed E-state index contributed by atoms with van der Waals surface area (Å²) in [4.78, 5) is 11.4. The number of carbonyl (C=O) groups excluding carboxylic acids is 1. The van der Waals surface area contributed by atoms with Crippen LogP contribution in [-0.2, 0) is 0 Å². The summed E-state index contributed by atoms with van der Waals surface area (Å²) in [5.74, 6) is 1.26. The van der Waals surface area contributed by atoms with Crippen molar-refractivity contribution >= 4 is 16.6 Å². The third-order valence-corrected chi connectivity index (χ3v) is 2.25. The number of fused-ring (bicyclic) bond motifs is 1. The topological polar surface area (TPSA) is 17.1 Å². The van der Waals surface area contributed by atoms with Crippen molar-refractivity contribution in [2.75, 3.05) is 0 Å². The quantitative estimate of drug-likeness (QED) is 0.391. The van der Waals surface area contributed by atoms with E-state index >= 15 is 0 Å². The van der Waals surface area contributed by atoms with E-state index in [9.17, 15) is 9.18 Å². The van der Waals surface area contributed by atoms with Crippen molar-refractivity contribution in [1.29, 1.82) is 0 Å².